The van der Waals surface area contributed by atoms with E-state index in [0.29, 0.717) is 11.3 Å². The number of hydrogen-bond acceptors (Lipinski definition) is 4. The lowest BCUT2D eigenvalue weighted by Gasteiger charge is -2.04. The average molecular weight is 167 g/mol. The summed E-state index contributed by atoms with van der Waals surface area (Å²) in [7, 11) is 1.46. The Morgan fingerprint density at radius 1 is 1.75 bits per heavy atom. The monoisotopic (exact) mass is 167 g/mol. The number of nitrogens with two attached hydrogens (primary N) is 1. The molecule has 1 aromatic rings. The zero-order valence-corrected chi connectivity index (χ0v) is 6.57. The van der Waals surface area contributed by atoms with Gasteiger partial charge in [0.25, 0.3) is 5.91 Å². The van der Waals surface area contributed by atoms with Crippen molar-refractivity contribution >= 4 is 5.91 Å². The summed E-state index contributed by atoms with van der Waals surface area (Å²) in [6, 6.07) is 1.53. The molecule has 5 nitrogen and oxygen atoms in total. The van der Waals surface area contributed by atoms with Crippen LogP contribution in [0, 0.1) is 0 Å². The Bertz CT molecular complexity index is 288. The zero-order valence-electron chi connectivity index (χ0n) is 6.57. The van der Waals surface area contributed by atoms with Crippen molar-refractivity contribution in [2.45, 2.75) is 0 Å². The predicted octanol–water partition coefficient (Wildman–Crippen LogP) is -0.306. The van der Waals surface area contributed by atoms with Crippen LogP contribution in [0.1, 0.15) is 10.4 Å². The van der Waals surface area contributed by atoms with Crippen LogP contribution in [0.25, 0.3) is 0 Å². The normalized spacial score (nSPS) is 9.17. The van der Waals surface area contributed by atoms with Crippen LogP contribution in [-0.4, -0.2) is 18.0 Å². The van der Waals surface area contributed by atoms with Crippen molar-refractivity contribution in [1.82, 2.24) is 10.4 Å². The van der Waals surface area contributed by atoms with Gasteiger partial charge in [0.15, 0.2) is 0 Å². The highest BCUT2D eigenvalue weighted by Gasteiger charge is 2.09. The molecule has 0 aliphatic carbocycles. The van der Waals surface area contributed by atoms with Crippen LogP contribution in [0.3, 0.4) is 0 Å². The van der Waals surface area contributed by atoms with Gasteiger partial charge in [-0.15, -0.1) is 0 Å². The third kappa shape index (κ3) is 1.51. The van der Waals surface area contributed by atoms with Crippen molar-refractivity contribution in [2.75, 3.05) is 7.11 Å². The number of nitrogens with one attached hydrogen (secondary N) is 1. The molecule has 5 heteroatoms. The third-order valence-electron chi connectivity index (χ3n) is 1.38. The van der Waals surface area contributed by atoms with Gasteiger partial charge >= 0.3 is 0 Å². The molecule has 0 unspecified atom stereocenters. The molecular formula is C7H9N3O2. The standard InChI is InChI=1S/C7H9N3O2/c1-12-6-4-9-3-2-5(6)7(11)10-8/h2-4H,8H2,1H3,(H,10,11). The number of nitrogen functional groups attached to an aromatic ring is 1. The first-order valence-corrected chi connectivity index (χ1v) is 3.28. The minimum Gasteiger partial charge on any atom is -0.494 e. The number of carbonyl (C=O) groups is 1. The highest BCUT2D eigenvalue weighted by molar-refractivity contribution is 5.96. The van der Waals surface area contributed by atoms with E-state index in [1.807, 2.05) is 5.43 Å². The van der Waals surface area contributed by atoms with E-state index in [1.54, 1.807) is 0 Å². The van der Waals surface area contributed by atoms with Gasteiger partial charge in [0.1, 0.15) is 5.75 Å². The number of hydrogen-bond donors (Lipinski definition) is 2. The Hall–Kier alpha value is -1.62. The van der Waals surface area contributed by atoms with Gasteiger partial charge in [-0.1, -0.05) is 0 Å². The smallest absolute Gasteiger partial charge is 0.269 e. The second-order valence-electron chi connectivity index (χ2n) is 2.05. The quantitative estimate of drug-likeness (QED) is 0.360. The Morgan fingerprint density at radius 2 is 2.50 bits per heavy atom. The van der Waals surface area contributed by atoms with Crippen molar-refractivity contribution in [2.24, 2.45) is 5.84 Å². The first kappa shape index (κ1) is 8.48. The van der Waals surface area contributed by atoms with Gasteiger partial charge in [0.05, 0.1) is 18.9 Å². The number of pyridine rings is 1. The van der Waals surface area contributed by atoms with Crippen LogP contribution in [-0.2, 0) is 0 Å². The van der Waals surface area contributed by atoms with Crippen molar-refractivity contribution in [3.05, 3.63) is 24.0 Å². The van der Waals surface area contributed by atoms with E-state index in [-0.39, 0.29) is 0 Å². The Balaban J connectivity index is 3.04. The minimum atomic E-state index is -0.394. The second-order valence-corrected chi connectivity index (χ2v) is 2.05. The number of carbonyl (C=O) groups excluding carboxylic acids is 1. The molecule has 0 saturated carbocycles. The number of rotatable bonds is 2. The van der Waals surface area contributed by atoms with Gasteiger partial charge in [-0.3, -0.25) is 15.2 Å². The molecule has 1 aromatic heterocycles. The maximum atomic E-state index is 11.0. The van der Waals surface area contributed by atoms with Crippen molar-refractivity contribution in [1.29, 1.82) is 0 Å². The Labute approximate surface area is 69.5 Å². The highest BCUT2D eigenvalue weighted by Crippen LogP contribution is 2.14. The van der Waals surface area contributed by atoms with Gasteiger partial charge < -0.3 is 4.74 Å². The summed E-state index contributed by atoms with van der Waals surface area (Å²) in [4.78, 5) is 14.8. The number of hydrazine groups is 1. The molecule has 1 amide bonds. The molecular weight excluding hydrogens is 158 g/mol. The number of amides is 1. The molecule has 12 heavy (non-hydrogen) atoms. The summed E-state index contributed by atoms with van der Waals surface area (Å²) >= 11 is 0. The minimum absolute atomic E-state index is 0.370. The summed E-state index contributed by atoms with van der Waals surface area (Å²) in [6.45, 7) is 0. The fourth-order valence-corrected chi connectivity index (χ4v) is 0.808. The van der Waals surface area contributed by atoms with E-state index in [1.165, 1.54) is 25.6 Å². The lowest BCUT2D eigenvalue weighted by atomic mass is 10.2. The van der Waals surface area contributed by atoms with E-state index in [0.717, 1.165) is 0 Å². The molecule has 0 aliphatic heterocycles. The first-order chi connectivity index (χ1) is 5.79. The molecule has 0 fully saturated rings. The fourth-order valence-electron chi connectivity index (χ4n) is 0.808. The van der Waals surface area contributed by atoms with Crippen molar-refractivity contribution in [3.8, 4) is 5.75 Å². The molecule has 0 aromatic carbocycles. The number of methoxy groups -OCH3 is 1. The number of nitrogens with zero attached hydrogens (tertiary/aromatic N) is 1. The summed E-state index contributed by atoms with van der Waals surface area (Å²) in [5.74, 6) is 4.96. The third-order valence-corrected chi connectivity index (χ3v) is 1.38. The molecule has 1 heterocycles. The van der Waals surface area contributed by atoms with Gasteiger partial charge in [-0.25, -0.2) is 5.84 Å². The summed E-state index contributed by atoms with van der Waals surface area (Å²) < 4.78 is 4.89. The summed E-state index contributed by atoms with van der Waals surface area (Å²) in [6.07, 6.45) is 2.94. The maximum Gasteiger partial charge on any atom is 0.269 e. The highest BCUT2D eigenvalue weighted by atomic mass is 16.5. The van der Waals surface area contributed by atoms with E-state index in [9.17, 15) is 4.79 Å². The van der Waals surface area contributed by atoms with E-state index in [2.05, 4.69) is 4.98 Å². The number of aromatic nitrogens is 1. The molecule has 64 valence electrons. The Morgan fingerprint density at radius 3 is 3.08 bits per heavy atom. The molecule has 0 saturated heterocycles. The largest absolute Gasteiger partial charge is 0.494 e. The SMILES string of the molecule is COc1cnccc1C(=O)NN. The van der Waals surface area contributed by atoms with Gasteiger partial charge in [-0.05, 0) is 6.07 Å². The zero-order chi connectivity index (χ0) is 8.97. The molecule has 0 bridgehead atoms. The van der Waals surface area contributed by atoms with Crippen LogP contribution < -0.4 is 16.0 Å². The van der Waals surface area contributed by atoms with Crippen molar-refractivity contribution in [3.63, 3.8) is 0 Å². The molecule has 1 rings (SSSR count). The molecule has 0 radical (unpaired) electrons. The lowest BCUT2D eigenvalue weighted by Crippen LogP contribution is -2.30. The molecule has 0 atom stereocenters. The maximum absolute atomic E-state index is 11.0. The Kier molecular flexibility index (Phi) is 2.60. The van der Waals surface area contributed by atoms with Crippen LogP contribution >= 0.6 is 0 Å². The summed E-state index contributed by atoms with van der Waals surface area (Å²) in [5.41, 5.74) is 2.38. The molecule has 3 N–H and O–H groups in total. The fraction of sp³-hybridized carbons (Fsp3) is 0.143. The average Bonchev–Trinajstić information content (AvgIpc) is 2.16. The van der Waals surface area contributed by atoms with Gasteiger partial charge in [0.2, 0.25) is 0 Å². The first-order valence-electron chi connectivity index (χ1n) is 3.28. The van der Waals surface area contributed by atoms with Crippen LogP contribution in [0.2, 0.25) is 0 Å². The molecule has 0 aliphatic rings. The second kappa shape index (κ2) is 3.68. The predicted molar refractivity (Wildman–Crippen MR) is 42.4 cm³/mol. The van der Waals surface area contributed by atoms with Gasteiger partial charge in [0, 0.05) is 6.20 Å². The van der Waals surface area contributed by atoms with Crippen LogP contribution in [0.15, 0.2) is 18.5 Å². The van der Waals surface area contributed by atoms with E-state index >= 15 is 0 Å². The topological polar surface area (TPSA) is 77.2 Å². The van der Waals surface area contributed by atoms with Crippen LogP contribution in [0.5, 0.6) is 5.75 Å². The molecule has 0 spiro atoms. The van der Waals surface area contributed by atoms with Gasteiger partial charge in [-0.2, -0.15) is 0 Å². The lowest BCUT2D eigenvalue weighted by molar-refractivity contribution is 0.0950. The van der Waals surface area contributed by atoms with E-state index < -0.39 is 5.91 Å². The number of ether oxygens (including phenoxy) is 1. The summed E-state index contributed by atoms with van der Waals surface area (Å²) in [5, 5.41) is 0. The van der Waals surface area contributed by atoms with E-state index in [4.69, 9.17) is 10.6 Å². The van der Waals surface area contributed by atoms with Crippen molar-refractivity contribution < 1.29 is 9.53 Å². The van der Waals surface area contributed by atoms with Crippen LogP contribution in [0.4, 0.5) is 0 Å².